The molecule has 0 radical (unpaired) electrons. The van der Waals surface area contributed by atoms with Crippen LogP contribution in [0.25, 0.3) is 0 Å². The van der Waals surface area contributed by atoms with Crippen molar-refractivity contribution in [2.24, 2.45) is 5.92 Å². The molecule has 0 aromatic carbocycles. The second-order valence-corrected chi connectivity index (χ2v) is 10.8. The molecule has 1 fully saturated rings. The standard InChI is InChI=1S/C27H49NO4/c1-26(2)22-23(25(31)32)27(3,4)28(26)21-19-17-15-13-11-9-7-5-6-8-10-12-14-16-18-20-24(29)30/h5-6,23H,7-22H2,1-4H3,(H,29,30)(H,31,32)/b6-5-. The molecule has 0 amide bonds. The number of carboxylic acids is 2. The second kappa shape index (κ2) is 14.7. The van der Waals surface area contributed by atoms with Gasteiger partial charge in [-0.2, -0.15) is 0 Å². The summed E-state index contributed by atoms with van der Waals surface area (Å²) in [6.45, 7) is 9.56. The predicted molar refractivity (Wildman–Crippen MR) is 132 cm³/mol. The van der Waals surface area contributed by atoms with E-state index in [0.29, 0.717) is 6.42 Å². The number of nitrogens with zero attached hydrogens (tertiary/aromatic N) is 1. The lowest BCUT2D eigenvalue weighted by Gasteiger charge is -2.41. The molecule has 2 N–H and O–H groups in total. The third-order valence-corrected chi connectivity index (χ3v) is 7.21. The van der Waals surface area contributed by atoms with Crippen LogP contribution in [0.4, 0.5) is 0 Å². The van der Waals surface area contributed by atoms with Crippen molar-refractivity contribution in [2.75, 3.05) is 6.54 Å². The van der Waals surface area contributed by atoms with Gasteiger partial charge >= 0.3 is 11.9 Å². The van der Waals surface area contributed by atoms with Crippen LogP contribution < -0.4 is 0 Å². The number of rotatable bonds is 18. The van der Waals surface area contributed by atoms with E-state index in [-0.39, 0.29) is 17.0 Å². The van der Waals surface area contributed by atoms with Crippen molar-refractivity contribution in [1.29, 1.82) is 0 Å². The fourth-order valence-electron chi connectivity index (χ4n) is 5.35. The van der Waals surface area contributed by atoms with E-state index in [1.165, 1.54) is 51.4 Å². The molecule has 1 rings (SSSR count). The minimum atomic E-state index is -0.682. The van der Waals surface area contributed by atoms with Crippen LogP contribution in [0, 0.1) is 5.92 Å². The van der Waals surface area contributed by atoms with Crippen LogP contribution in [0.3, 0.4) is 0 Å². The fraction of sp³-hybridized carbons (Fsp3) is 0.852. The number of likely N-dealkylation sites (tertiary alicyclic amines) is 1. The first-order valence-electron chi connectivity index (χ1n) is 13.0. The van der Waals surface area contributed by atoms with Gasteiger partial charge in [-0.3, -0.25) is 14.5 Å². The van der Waals surface area contributed by atoms with Crippen LogP contribution in [0.15, 0.2) is 12.2 Å². The molecule has 1 aliphatic rings. The molecule has 0 aliphatic carbocycles. The fourth-order valence-corrected chi connectivity index (χ4v) is 5.35. The van der Waals surface area contributed by atoms with E-state index in [1.54, 1.807) is 0 Å². The van der Waals surface area contributed by atoms with Gasteiger partial charge in [-0.25, -0.2) is 0 Å². The molecule has 1 unspecified atom stereocenters. The molecule has 186 valence electrons. The molecule has 5 nitrogen and oxygen atoms in total. The average molecular weight is 452 g/mol. The van der Waals surface area contributed by atoms with E-state index in [2.05, 4.69) is 44.7 Å². The molecule has 1 aliphatic heterocycles. The maximum absolute atomic E-state index is 11.6. The Labute approximate surface area is 196 Å². The minimum Gasteiger partial charge on any atom is -0.481 e. The Kier molecular flexibility index (Phi) is 13.2. The third kappa shape index (κ3) is 10.5. The molecule has 0 saturated carbocycles. The van der Waals surface area contributed by atoms with Crippen molar-refractivity contribution in [3.63, 3.8) is 0 Å². The first-order chi connectivity index (χ1) is 15.1. The molecule has 5 heteroatoms. The summed E-state index contributed by atoms with van der Waals surface area (Å²) >= 11 is 0. The summed E-state index contributed by atoms with van der Waals surface area (Å²) in [4.78, 5) is 24.5. The molecular weight excluding hydrogens is 402 g/mol. The lowest BCUT2D eigenvalue weighted by molar-refractivity contribution is -0.144. The van der Waals surface area contributed by atoms with Crippen molar-refractivity contribution in [2.45, 2.75) is 135 Å². The van der Waals surface area contributed by atoms with Crippen molar-refractivity contribution >= 4 is 11.9 Å². The smallest absolute Gasteiger partial charge is 0.308 e. The van der Waals surface area contributed by atoms with Crippen molar-refractivity contribution in [3.05, 3.63) is 12.2 Å². The van der Waals surface area contributed by atoms with Gasteiger partial charge in [0.15, 0.2) is 0 Å². The lowest BCUT2D eigenvalue weighted by atomic mass is 9.87. The van der Waals surface area contributed by atoms with Gasteiger partial charge in [0.05, 0.1) is 5.92 Å². The zero-order valence-corrected chi connectivity index (χ0v) is 21.2. The molecule has 0 aromatic heterocycles. The number of aliphatic carboxylic acids is 2. The summed E-state index contributed by atoms with van der Waals surface area (Å²) < 4.78 is 0. The third-order valence-electron chi connectivity index (χ3n) is 7.21. The van der Waals surface area contributed by atoms with Gasteiger partial charge in [0.1, 0.15) is 0 Å². The minimum absolute atomic E-state index is 0.0424. The quantitative estimate of drug-likeness (QED) is 0.172. The maximum atomic E-state index is 11.6. The van der Waals surface area contributed by atoms with Crippen LogP contribution in [0.1, 0.15) is 124 Å². The van der Waals surface area contributed by atoms with Crippen LogP contribution >= 0.6 is 0 Å². The Hall–Kier alpha value is -1.36. The topological polar surface area (TPSA) is 77.8 Å². The van der Waals surface area contributed by atoms with Crippen molar-refractivity contribution < 1.29 is 19.8 Å². The summed E-state index contributed by atoms with van der Waals surface area (Å²) in [6.07, 6.45) is 20.9. The predicted octanol–water partition coefficient (Wildman–Crippen LogP) is 7.05. The van der Waals surface area contributed by atoms with Gasteiger partial charge < -0.3 is 10.2 Å². The van der Waals surface area contributed by atoms with Gasteiger partial charge in [-0.1, -0.05) is 57.1 Å². The molecule has 1 heterocycles. The molecule has 0 spiro atoms. The van der Waals surface area contributed by atoms with Gasteiger partial charge in [-0.05, 0) is 79.2 Å². The molecule has 32 heavy (non-hydrogen) atoms. The number of hydrogen-bond acceptors (Lipinski definition) is 3. The van der Waals surface area contributed by atoms with Crippen LogP contribution in [0.2, 0.25) is 0 Å². The normalized spacial score (nSPS) is 20.2. The van der Waals surface area contributed by atoms with Crippen molar-refractivity contribution in [3.8, 4) is 0 Å². The van der Waals surface area contributed by atoms with Gasteiger partial charge in [0.25, 0.3) is 0 Å². The summed E-state index contributed by atoms with van der Waals surface area (Å²) in [5.74, 6) is -1.62. The Morgan fingerprint density at radius 3 is 1.72 bits per heavy atom. The van der Waals surface area contributed by atoms with Crippen LogP contribution in [0.5, 0.6) is 0 Å². The number of hydrogen-bond donors (Lipinski definition) is 2. The zero-order valence-electron chi connectivity index (χ0n) is 21.2. The molecule has 1 saturated heterocycles. The Bertz CT molecular complexity index is 582. The Morgan fingerprint density at radius 2 is 1.25 bits per heavy atom. The van der Waals surface area contributed by atoms with Gasteiger partial charge in [0, 0.05) is 17.5 Å². The van der Waals surface area contributed by atoms with Crippen LogP contribution in [-0.4, -0.2) is 44.7 Å². The van der Waals surface area contributed by atoms with E-state index >= 15 is 0 Å². The first kappa shape index (κ1) is 28.7. The summed E-state index contributed by atoms with van der Waals surface area (Å²) in [5, 5.41) is 18.2. The summed E-state index contributed by atoms with van der Waals surface area (Å²) in [7, 11) is 0. The molecule has 0 aromatic rings. The Balaban J connectivity index is 1.99. The lowest BCUT2D eigenvalue weighted by Crippen LogP contribution is -2.51. The number of carbonyl (C=O) groups is 2. The monoisotopic (exact) mass is 451 g/mol. The molecule has 1 atom stereocenters. The highest BCUT2D eigenvalue weighted by molar-refractivity contribution is 5.72. The van der Waals surface area contributed by atoms with E-state index in [4.69, 9.17) is 5.11 Å². The number of unbranched alkanes of at least 4 members (excludes halogenated alkanes) is 11. The zero-order chi connectivity index (χ0) is 24.0. The highest BCUT2D eigenvalue weighted by Gasteiger charge is 2.53. The molecule has 0 bridgehead atoms. The van der Waals surface area contributed by atoms with Gasteiger partial charge in [0.2, 0.25) is 0 Å². The SMILES string of the molecule is CC1(C)CC(C(=O)O)C(C)(C)N1CCCCCCCC/C=C\CCCCCCCC(=O)O. The first-order valence-corrected chi connectivity index (χ1v) is 13.0. The number of allylic oxidation sites excluding steroid dienone is 2. The highest BCUT2D eigenvalue weighted by Crippen LogP contribution is 2.45. The average Bonchev–Trinajstić information content (AvgIpc) is 2.88. The van der Waals surface area contributed by atoms with Gasteiger partial charge in [-0.15, -0.1) is 0 Å². The van der Waals surface area contributed by atoms with E-state index in [0.717, 1.165) is 45.1 Å². The van der Waals surface area contributed by atoms with E-state index in [9.17, 15) is 14.7 Å². The summed E-state index contributed by atoms with van der Waals surface area (Å²) in [5.41, 5.74) is -0.318. The Morgan fingerprint density at radius 1 is 0.781 bits per heavy atom. The van der Waals surface area contributed by atoms with E-state index < -0.39 is 11.9 Å². The summed E-state index contributed by atoms with van der Waals surface area (Å²) in [6, 6.07) is 0. The second-order valence-electron chi connectivity index (χ2n) is 10.8. The van der Waals surface area contributed by atoms with Crippen molar-refractivity contribution in [1.82, 2.24) is 4.90 Å². The molecular formula is C27H49NO4. The van der Waals surface area contributed by atoms with E-state index in [1.807, 2.05) is 0 Å². The number of carboxylic acid groups (broad SMARTS) is 2. The largest absolute Gasteiger partial charge is 0.481 e. The highest BCUT2D eigenvalue weighted by atomic mass is 16.4. The maximum Gasteiger partial charge on any atom is 0.308 e. The van der Waals surface area contributed by atoms with Crippen LogP contribution in [-0.2, 0) is 9.59 Å².